The topological polar surface area (TPSA) is 50.4 Å². The van der Waals surface area contributed by atoms with Crippen molar-refractivity contribution < 1.29 is 9.53 Å². The van der Waals surface area contributed by atoms with Crippen molar-refractivity contribution in [3.05, 3.63) is 29.3 Å². The number of nitrogens with one attached hydrogen (secondary N) is 2. The molecule has 0 heterocycles. The standard InChI is InChI=1S/C11H13ClN2O2/c12-8-1-5-10(6-2-8)16-7-13-11(15)14-9-3-4-9/h1-2,5-6,9H,3-4,7H2,(H2,13,14,15). The molecule has 86 valence electrons. The summed E-state index contributed by atoms with van der Waals surface area (Å²) in [4.78, 5) is 11.2. The van der Waals surface area contributed by atoms with E-state index in [1.54, 1.807) is 24.3 Å². The minimum atomic E-state index is -0.184. The number of ether oxygens (including phenoxy) is 1. The number of hydrogen-bond donors (Lipinski definition) is 2. The van der Waals surface area contributed by atoms with Crippen molar-refractivity contribution in [3.8, 4) is 5.75 Å². The molecule has 4 nitrogen and oxygen atoms in total. The van der Waals surface area contributed by atoms with Crippen molar-refractivity contribution >= 4 is 17.6 Å². The Hall–Kier alpha value is -1.42. The average molecular weight is 241 g/mol. The minimum absolute atomic E-state index is 0.153. The van der Waals surface area contributed by atoms with Crippen LogP contribution in [0, 0.1) is 0 Å². The van der Waals surface area contributed by atoms with Gasteiger partial charge in [-0.25, -0.2) is 4.79 Å². The fourth-order valence-electron chi connectivity index (χ4n) is 1.18. The molecule has 1 aliphatic carbocycles. The highest BCUT2D eigenvalue weighted by atomic mass is 35.5. The minimum Gasteiger partial charge on any atom is -0.473 e. The van der Waals surface area contributed by atoms with Crippen LogP contribution in [0.1, 0.15) is 12.8 Å². The summed E-state index contributed by atoms with van der Waals surface area (Å²) < 4.78 is 5.30. The molecule has 1 aliphatic rings. The van der Waals surface area contributed by atoms with E-state index in [1.165, 1.54) is 0 Å². The van der Waals surface area contributed by atoms with Gasteiger partial charge in [-0.3, -0.25) is 0 Å². The van der Waals surface area contributed by atoms with E-state index >= 15 is 0 Å². The Balaban J connectivity index is 1.66. The zero-order valence-corrected chi connectivity index (χ0v) is 9.46. The molecule has 2 N–H and O–H groups in total. The van der Waals surface area contributed by atoms with Crippen LogP contribution in [0.4, 0.5) is 4.79 Å². The van der Waals surface area contributed by atoms with E-state index in [0.29, 0.717) is 16.8 Å². The van der Waals surface area contributed by atoms with Crippen molar-refractivity contribution in [2.75, 3.05) is 6.73 Å². The van der Waals surface area contributed by atoms with Gasteiger partial charge in [0.05, 0.1) is 0 Å². The van der Waals surface area contributed by atoms with Crippen LogP contribution in [0.3, 0.4) is 0 Å². The summed E-state index contributed by atoms with van der Waals surface area (Å²) in [6.45, 7) is 0.153. The Kier molecular flexibility index (Phi) is 3.51. The largest absolute Gasteiger partial charge is 0.473 e. The Bertz CT molecular complexity index is 363. The van der Waals surface area contributed by atoms with Crippen molar-refractivity contribution in [2.45, 2.75) is 18.9 Å². The fourth-order valence-corrected chi connectivity index (χ4v) is 1.31. The van der Waals surface area contributed by atoms with Crippen molar-refractivity contribution in [2.24, 2.45) is 0 Å². The van der Waals surface area contributed by atoms with Crippen LogP contribution in [0.25, 0.3) is 0 Å². The normalized spacial score (nSPS) is 14.3. The van der Waals surface area contributed by atoms with E-state index < -0.39 is 0 Å². The van der Waals surface area contributed by atoms with Crippen LogP contribution in [0.2, 0.25) is 5.02 Å². The molecule has 2 rings (SSSR count). The van der Waals surface area contributed by atoms with Gasteiger partial charge in [0.15, 0.2) is 6.73 Å². The van der Waals surface area contributed by atoms with Crippen molar-refractivity contribution in [1.29, 1.82) is 0 Å². The Labute approximate surface area is 98.9 Å². The fraction of sp³-hybridized carbons (Fsp3) is 0.364. The summed E-state index contributed by atoms with van der Waals surface area (Å²) in [5, 5.41) is 6.07. The maximum Gasteiger partial charge on any atom is 0.317 e. The zero-order chi connectivity index (χ0) is 11.4. The summed E-state index contributed by atoms with van der Waals surface area (Å²) in [6, 6.07) is 7.15. The van der Waals surface area contributed by atoms with Gasteiger partial charge in [-0.15, -0.1) is 0 Å². The predicted octanol–water partition coefficient (Wildman–Crippen LogP) is 2.14. The van der Waals surface area contributed by atoms with Crippen LogP contribution in [-0.4, -0.2) is 18.8 Å². The van der Waals surface area contributed by atoms with Gasteiger partial charge in [-0.05, 0) is 37.1 Å². The first kappa shape index (κ1) is 11.1. The molecule has 0 aliphatic heterocycles. The third kappa shape index (κ3) is 3.62. The molecule has 0 saturated heterocycles. The SMILES string of the molecule is O=C(NCOc1ccc(Cl)cc1)NC1CC1. The Morgan fingerprint density at radius 3 is 2.69 bits per heavy atom. The first-order chi connectivity index (χ1) is 7.74. The molecule has 0 atom stereocenters. The van der Waals surface area contributed by atoms with Crippen molar-refractivity contribution in [3.63, 3.8) is 0 Å². The molecule has 1 saturated carbocycles. The smallest absolute Gasteiger partial charge is 0.317 e. The quantitative estimate of drug-likeness (QED) is 0.793. The van der Waals surface area contributed by atoms with Crippen molar-refractivity contribution in [1.82, 2.24) is 10.6 Å². The summed E-state index contributed by atoms with van der Waals surface area (Å²) in [5.74, 6) is 0.677. The second-order valence-electron chi connectivity index (χ2n) is 3.67. The number of rotatable bonds is 4. The van der Waals surface area contributed by atoms with Gasteiger partial charge in [0.1, 0.15) is 5.75 Å². The van der Waals surface area contributed by atoms with Gasteiger partial charge in [0.2, 0.25) is 0 Å². The number of urea groups is 1. The number of benzene rings is 1. The summed E-state index contributed by atoms with van der Waals surface area (Å²) in [7, 11) is 0. The molecule has 0 aromatic heterocycles. The van der Waals surface area contributed by atoms with E-state index in [1.807, 2.05) is 0 Å². The molecule has 2 amide bonds. The molecule has 0 bridgehead atoms. The highest BCUT2D eigenvalue weighted by molar-refractivity contribution is 6.30. The summed E-state index contributed by atoms with van der Waals surface area (Å²) >= 11 is 5.73. The van der Waals surface area contributed by atoms with Gasteiger partial charge in [-0.2, -0.15) is 0 Å². The second kappa shape index (κ2) is 5.07. The molecule has 1 aromatic carbocycles. The highest BCUT2D eigenvalue weighted by Gasteiger charge is 2.22. The number of carbonyl (C=O) groups is 1. The summed E-state index contributed by atoms with van der Waals surface area (Å²) in [5.41, 5.74) is 0. The molecule has 1 aromatic rings. The molecule has 1 fully saturated rings. The zero-order valence-electron chi connectivity index (χ0n) is 8.70. The maximum absolute atomic E-state index is 11.2. The van der Waals surface area contributed by atoms with Crippen LogP contribution < -0.4 is 15.4 Å². The third-order valence-corrected chi connectivity index (χ3v) is 2.45. The Morgan fingerprint density at radius 1 is 1.38 bits per heavy atom. The van der Waals surface area contributed by atoms with E-state index in [9.17, 15) is 4.79 Å². The molecule has 16 heavy (non-hydrogen) atoms. The van der Waals surface area contributed by atoms with Gasteiger partial charge in [-0.1, -0.05) is 11.6 Å². The Morgan fingerprint density at radius 2 is 2.06 bits per heavy atom. The lowest BCUT2D eigenvalue weighted by Gasteiger charge is -2.08. The lowest BCUT2D eigenvalue weighted by molar-refractivity contribution is 0.223. The van der Waals surface area contributed by atoms with Gasteiger partial charge in [0.25, 0.3) is 0 Å². The van der Waals surface area contributed by atoms with Crippen LogP contribution in [0.5, 0.6) is 5.75 Å². The monoisotopic (exact) mass is 240 g/mol. The third-order valence-electron chi connectivity index (χ3n) is 2.20. The lowest BCUT2D eigenvalue weighted by atomic mass is 10.3. The van der Waals surface area contributed by atoms with Crippen LogP contribution in [0.15, 0.2) is 24.3 Å². The van der Waals surface area contributed by atoms with E-state index in [2.05, 4.69) is 10.6 Å². The number of hydrogen-bond acceptors (Lipinski definition) is 2. The van der Waals surface area contributed by atoms with Crippen LogP contribution in [-0.2, 0) is 0 Å². The molecule has 0 radical (unpaired) electrons. The molecular formula is C11H13ClN2O2. The lowest BCUT2D eigenvalue weighted by Crippen LogP contribution is -2.38. The van der Waals surface area contributed by atoms with Crippen LogP contribution >= 0.6 is 11.6 Å². The second-order valence-corrected chi connectivity index (χ2v) is 4.10. The predicted molar refractivity (Wildman–Crippen MR) is 61.6 cm³/mol. The first-order valence-electron chi connectivity index (χ1n) is 5.17. The van der Waals surface area contributed by atoms with E-state index in [0.717, 1.165) is 12.8 Å². The molecule has 0 spiro atoms. The number of halogens is 1. The number of carbonyl (C=O) groups excluding carboxylic acids is 1. The highest BCUT2D eigenvalue weighted by Crippen LogP contribution is 2.18. The summed E-state index contributed by atoms with van der Waals surface area (Å²) in [6.07, 6.45) is 2.15. The van der Waals surface area contributed by atoms with E-state index in [4.69, 9.17) is 16.3 Å². The molecular weight excluding hydrogens is 228 g/mol. The van der Waals surface area contributed by atoms with Gasteiger partial charge < -0.3 is 15.4 Å². The van der Waals surface area contributed by atoms with E-state index in [-0.39, 0.29) is 12.8 Å². The van der Waals surface area contributed by atoms with Gasteiger partial charge >= 0.3 is 6.03 Å². The maximum atomic E-state index is 11.2. The average Bonchev–Trinajstić information content (AvgIpc) is 3.05. The van der Waals surface area contributed by atoms with Gasteiger partial charge in [0, 0.05) is 11.1 Å². The molecule has 5 heteroatoms. The number of amides is 2. The molecule has 0 unspecified atom stereocenters. The first-order valence-corrected chi connectivity index (χ1v) is 5.54.